The molecule has 3 nitrogen and oxygen atoms in total. The summed E-state index contributed by atoms with van der Waals surface area (Å²) in [7, 11) is -1.19. The summed E-state index contributed by atoms with van der Waals surface area (Å²) in [6, 6.07) is 3.98. The van der Waals surface area contributed by atoms with Crippen molar-refractivity contribution >= 4 is 39.4 Å². The van der Waals surface area contributed by atoms with Gasteiger partial charge >= 0.3 is 0 Å². The van der Waals surface area contributed by atoms with Gasteiger partial charge in [-0.3, -0.25) is 9.00 Å². The van der Waals surface area contributed by atoms with Crippen LogP contribution >= 0.6 is 22.7 Å². The summed E-state index contributed by atoms with van der Waals surface area (Å²) >= 11 is 3.17. The predicted octanol–water partition coefficient (Wildman–Crippen LogP) is 3.16. The lowest BCUT2D eigenvalue weighted by molar-refractivity contribution is -0.124. The highest BCUT2D eigenvalue weighted by Crippen LogP contribution is 2.33. The molecule has 0 aromatic carbocycles. The molecule has 0 aliphatic heterocycles. The van der Waals surface area contributed by atoms with Gasteiger partial charge < -0.3 is 5.73 Å². The van der Waals surface area contributed by atoms with E-state index in [1.54, 1.807) is 36.5 Å². The molecule has 6 heteroatoms. The Hall–Kier alpha value is -0.980. The van der Waals surface area contributed by atoms with Gasteiger partial charge in [-0.1, -0.05) is 13.8 Å². The van der Waals surface area contributed by atoms with E-state index in [4.69, 9.17) is 5.73 Å². The van der Waals surface area contributed by atoms with Crippen molar-refractivity contribution in [2.45, 2.75) is 19.1 Å². The molecule has 2 aromatic rings. The molecule has 1 atom stereocenters. The Morgan fingerprint density at radius 2 is 1.75 bits per heavy atom. The zero-order valence-corrected chi connectivity index (χ0v) is 13.8. The van der Waals surface area contributed by atoms with Crippen LogP contribution in [0.4, 0.5) is 0 Å². The summed E-state index contributed by atoms with van der Waals surface area (Å²) in [5.74, 6) is -0.154. The number of carbonyl (C=O) groups is 1. The van der Waals surface area contributed by atoms with Gasteiger partial charge in [0.1, 0.15) is 0 Å². The van der Waals surface area contributed by atoms with E-state index in [2.05, 4.69) is 0 Å². The standard InChI is InChI=1S/C14H17NO2S3/c1-14(2,13(15)16)9-20(17)12(10-3-5-18-7-10)11-4-6-19-8-11/h3-8,12H,9H2,1-2H3,(H2,15,16). The highest BCUT2D eigenvalue weighted by atomic mass is 32.2. The maximum absolute atomic E-state index is 12.8. The minimum atomic E-state index is -1.19. The fourth-order valence-corrected chi connectivity index (χ4v) is 5.32. The summed E-state index contributed by atoms with van der Waals surface area (Å²) < 4.78 is 12.8. The number of hydrogen-bond donors (Lipinski definition) is 1. The second-order valence-electron chi connectivity index (χ2n) is 5.27. The molecule has 2 rings (SSSR count). The van der Waals surface area contributed by atoms with Crippen molar-refractivity contribution in [2.75, 3.05) is 5.75 Å². The normalized spacial score (nSPS) is 13.6. The second-order valence-corrected chi connectivity index (χ2v) is 8.35. The molecular formula is C14H17NO2S3. The lowest BCUT2D eigenvalue weighted by atomic mass is 9.96. The van der Waals surface area contributed by atoms with Crippen LogP contribution in [0.3, 0.4) is 0 Å². The van der Waals surface area contributed by atoms with E-state index >= 15 is 0 Å². The quantitative estimate of drug-likeness (QED) is 0.886. The van der Waals surface area contributed by atoms with Crippen LogP contribution in [0.1, 0.15) is 30.2 Å². The Labute approximate surface area is 129 Å². The number of carbonyl (C=O) groups excluding carboxylic acids is 1. The molecule has 2 heterocycles. The number of rotatable bonds is 6. The molecule has 0 radical (unpaired) electrons. The maximum Gasteiger partial charge on any atom is 0.224 e. The summed E-state index contributed by atoms with van der Waals surface area (Å²) in [5.41, 5.74) is 6.69. The van der Waals surface area contributed by atoms with Crippen molar-refractivity contribution in [1.29, 1.82) is 0 Å². The van der Waals surface area contributed by atoms with Crippen molar-refractivity contribution in [3.05, 3.63) is 44.8 Å². The van der Waals surface area contributed by atoms with Gasteiger partial charge in [-0.2, -0.15) is 22.7 Å². The van der Waals surface area contributed by atoms with Gasteiger partial charge in [-0.25, -0.2) is 0 Å². The van der Waals surface area contributed by atoms with E-state index in [0.29, 0.717) is 0 Å². The van der Waals surface area contributed by atoms with E-state index in [-0.39, 0.29) is 11.0 Å². The first-order chi connectivity index (χ1) is 9.42. The molecule has 2 aromatic heterocycles. The average Bonchev–Trinajstić information content (AvgIpc) is 3.01. The first-order valence-electron chi connectivity index (χ1n) is 6.13. The van der Waals surface area contributed by atoms with Crippen molar-refractivity contribution in [2.24, 2.45) is 11.1 Å². The molecule has 0 aliphatic carbocycles. The largest absolute Gasteiger partial charge is 0.369 e. The van der Waals surface area contributed by atoms with Gasteiger partial charge in [-0.15, -0.1) is 0 Å². The summed E-state index contributed by atoms with van der Waals surface area (Å²) in [5, 5.41) is 7.79. The molecule has 1 unspecified atom stereocenters. The van der Waals surface area contributed by atoms with E-state index in [0.717, 1.165) is 11.1 Å². The zero-order valence-electron chi connectivity index (χ0n) is 11.4. The Bertz CT molecular complexity index is 554. The lowest BCUT2D eigenvalue weighted by Crippen LogP contribution is -2.37. The fourth-order valence-electron chi connectivity index (χ4n) is 1.85. The van der Waals surface area contributed by atoms with Crippen molar-refractivity contribution in [3.63, 3.8) is 0 Å². The minimum Gasteiger partial charge on any atom is -0.369 e. The van der Waals surface area contributed by atoms with Crippen molar-refractivity contribution < 1.29 is 9.00 Å². The van der Waals surface area contributed by atoms with Crippen LogP contribution in [-0.2, 0) is 15.6 Å². The molecule has 2 N–H and O–H groups in total. The highest BCUT2D eigenvalue weighted by Gasteiger charge is 2.32. The van der Waals surface area contributed by atoms with Crippen molar-refractivity contribution in [1.82, 2.24) is 0 Å². The Kier molecular flexibility index (Phi) is 4.78. The van der Waals surface area contributed by atoms with Crippen LogP contribution < -0.4 is 5.73 Å². The van der Waals surface area contributed by atoms with Crippen LogP contribution in [0.25, 0.3) is 0 Å². The fraction of sp³-hybridized carbons (Fsp3) is 0.357. The van der Waals surface area contributed by atoms with E-state index in [9.17, 15) is 9.00 Å². The van der Waals surface area contributed by atoms with Crippen molar-refractivity contribution in [3.8, 4) is 0 Å². The molecule has 0 bridgehead atoms. The highest BCUT2D eigenvalue weighted by molar-refractivity contribution is 7.85. The average molecular weight is 327 g/mol. The molecule has 1 amide bonds. The molecule has 0 saturated heterocycles. The number of thiophene rings is 2. The number of hydrogen-bond acceptors (Lipinski definition) is 4. The van der Waals surface area contributed by atoms with Gasteiger partial charge in [0, 0.05) is 16.6 Å². The Morgan fingerprint density at radius 3 is 2.10 bits per heavy atom. The Balaban J connectivity index is 2.29. The predicted molar refractivity (Wildman–Crippen MR) is 86.5 cm³/mol. The molecule has 0 aliphatic rings. The second kappa shape index (κ2) is 6.20. The topological polar surface area (TPSA) is 60.2 Å². The summed E-state index contributed by atoms with van der Waals surface area (Å²) in [6.45, 7) is 3.48. The maximum atomic E-state index is 12.8. The molecule has 0 fully saturated rings. The zero-order chi connectivity index (χ0) is 14.8. The van der Waals surface area contributed by atoms with Gasteiger partial charge in [0.25, 0.3) is 0 Å². The van der Waals surface area contributed by atoms with Crippen LogP contribution in [0.15, 0.2) is 33.7 Å². The van der Waals surface area contributed by atoms with E-state index in [1.807, 2.05) is 33.7 Å². The molecule has 0 saturated carbocycles. The number of primary amides is 1. The number of nitrogens with two attached hydrogens (primary N) is 1. The molecule has 20 heavy (non-hydrogen) atoms. The number of amides is 1. The molecule has 0 spiro atoms. The monoisotopic (exact) mass is 327 g/mol. The first-order valence-corrected chi connectivity index (χ1v) is 9.40. The smallest absolute Gasteiger partial charge is 0.224 e. The third-order valence-electron chi connectivity index (χ3n) is 3.12. The molecular weight excluding hydrogens is 310 g/mol. The van der Waals surface area contributed by atoms with Crippen LogP contribution in [0, 0.1) is 5.41 Å². The summed E-state index contributed by atoms with van der Waals surface area (Å²) in [6.07, 6.45) is 0. The SMILES string of the molecule is CC(C)(CS(=O)C(c1ccsc1)c1ccsc1)C(N)=O. The van der Waals surface area contributed by atoms with E-state index in [1.165, 1.54) is 0 Å². The van der Waals surface area contributed by atoms with Crippen LogP contribution in [0.5, 0.6) is 0 Å². The minimum absolute atomic E-state index is 0.189. The lowest BCUT2D eigenvalue weighted by Gasteiger charge is -2.23. The van der Waals surface area contributed by atoms with E-state index < -0.39 is 22.1 Å². The third-order valence-corrected chi connectivity index (χ3v) is 6.60. The van der Waals surface area contributed by atoms with Crippen LogP contribution in [-0.4, -0.2) is 15.9 Å². The van der Waals surface area contributed by atoms with Gasteiger partial charge in [0.2, 0.25) is 5.91 Å². The molecule has 108 valence electrons. The third kappa shape index (κ3) is 3.37. The van der Waals surface area contributed by atoms with Crippen LogP contribution in [0.2, 0.25) is 0 Å². The summed E-state index contributed by atoms with van der Waals surface area (Å²) in [4.78, 5) is 11.4. The van der Waals surface area contributed by atoms with Gasteiger partial charge in [0.15, 0.2) is 0 Å². The Morgan fingerprint density at radius 1 is 1.25 bits per heavy atom. The van der Waals surface area contributed by atoms with Gasteiger partial charge in [0.05, 0.1) is 10.7 Å². The van der Waals surface area contributed by atoms with Gasteiger partial charge in [-0.05, 0) is 44.8 Å². The first kappa shape index (κ1) is 15.4.